The molecule has 1 aliphatic heterocycles. The Kier molecular flexibility index (Phi) is 4.81. The van der Waals surface area contributed by atoms with E-state index in [1.807, 2.05) is 0 Å². The molecule has 1 aliphatic rings. The third-order valence-corrected chi connectivity index (χ3v) is 6.53. The predicted molar refractivity (Wildman–Crippen MR) is 99.9 cm³/mol. The Labute approximate surface area is 156 Å². The maximum atomic E-state index is 14.5. The van der Waals surface area contributed by atoms with Crippen molar-refractivity contribution < 1.29 is 17.2 Å². The van der Waals surface area contributed by atoms with Gasteiger partial charge in [0, 0.05) is 24.8 Å². The molecule has 27 heavy (non-hydrogen) atoms. The van der Waals surface area contributed by atoms with Crippen LogP contribution >= 0.6 is 0 Å². The van der Waals surface area contributed by atoms with Crippen LogP contribution in [-0.4, -0.2) is 31.5 Å². The summed E-state index contributed by atoms with van der Waals surface area (Å²) in [6.07, 6.45) is 0. The van der Waals surface area contributed by atoms with E-state index in [4.69, 9.17) is 5.41 Å². The molecular formula is C18H20F2N4O2S. The van der Waals surface area contributed by atoms with Crippen molar-refractivity contribution >= 4 is 21.7 Å². The molecule has 9 heteroatoms. The topological polar surface area (TPSA) is 85.3 Å². The first-order valence-corrected chi connectivity index (χ1v) is 9.83. The van der Waals surface area contributed by atoms with Gasteiger partial charge in [0.2, 0.25) is 16.0 Å². The summed E-state index contributed by atoms with van der Waals surface area (Å²) in [7, 11) is -2.45. The molecule has 0 spiro atoms. The number of hydrogen-bond donors (Lipinski definition) is 3. The summed E-state index contributed by atoms with van der Waals surface area (Å²) in [5, 5.41) is 13.8. The number of benzene rings is 2. The van der Waals surface area contributed by atoms with Gasteiger partial charge in [0.15, 0.2) is 0 Å². The third kappa shape index (κ3) is 3.87. The second-order valence-corrected chi connectivity index (χ2v) is 8.70. The highest BCUT2D eigenvalue weighted by atomic mass is 32.2. The van der Waals surface area contributed by atoms with E-state index in [1.165, 1.54) is 31.3 Å². The number of nitrogens with one attached hydrogen (secondary N) is 3. The van der Waals surface area contributed by atoms with Gasteiger partial charge in [0.25, 0.3) is 0 Å². The fourth-order valence-corrected chi connectivity index (χ4v) is 4.46. The van der Waals surface area contributed by atoms with Gasteiger partial charge in [-0.3, -0.25) is 5.41 Å². The van der Waals surface area contributed by atoms with E-state index >= 15 is 0 Å². The molecule has 6 nitrogen and oxygen atoms in total. The van der Waals surface area contributed by atoms with Gasteiger partial charge in [-0.1, -0.05) is 12.1 Å². The van der Waals surface area contributed by atoms with E-state index in [9.17, 15) is 17.2 Å². The second-order valence-electron chi connectivity index (χ2n) is 6.70. The molecule has 0 radical (unpaired) electrons. The number of halogens is 2. The van der Waals surface area contributed by atoms with Gasteiger partial charge in [-0.15, -0.1) is 0 Å². The van der Waals surface area contributed by atoms with Gasteiger partial charge >= 0.3 is 0 Å². The molecule has 144 valence electrons. The molecule has 0 aliphatic carbocycles. The highest BCUT2D eigenvalue weighted by molar-refractivity contribution is 7.89. The Hall–Kier alpha value is -2.68. The summed E-state index contributed by atoms with van der Waals surface area (Å²) >= 11 is 0. The van der Waals surface area contributed by atoms with Crippen molar-refractivity contribution in [1.82, 2.24) is 9.62 Å². The van der Waals surface area contributed by atoms with E-state index in [0.717, 1.165) is 9.87 Å². The van der Waals surface area contributed by atoms with Crippen LogP contribution in [0.4, 0.5) is 14.5 Å². The molecule has 0 aromatic heterocycles. The van der Waals surface area contributed by atoms with E-state index in [1.54, 1.807) is 25.1 Å². The lowest BCUT2D eigenvalue weighted by atomic mass is 9.93. The molecule has 0 bridgehead atoms. The Morgan fingerprint density at radius 2 is 1.89 bits per heavy atom. The Balaban J connectivity index is 1.86. The van der Waals surface area contributed by atoms with Gasteiger partial charge in [0.1, 0.15) is 11.6 Å². The number of hydrogen-bond acceptors (Lipinski definition) is 4. The molecule has 1 heterocycles. The highest BCUT2D eigenvalue weighted by Crippen LogP contribution is 2.31. The highest BCUT2D eigenvalue weighted by Gasteiger charge is 2.43. The lowest BCUT2D eigenvalue weighted by Crippen LogP contribution is -2.61. The maximum absolute atomic E-state index is 14.5. The van der Waals surface area contributed by atoms with E-state index in [0.29, 0.717) is 12.2 Å². The fourth-order valence-electron chi connectivity index (χ4n) is 2.99. The lowest BCUT2D eigenvalue weighted by Gasteiger charge is -2.40. The molecule has 1 fully saturated rings. The molecule has 2 aromatic carbocycles. The SMILES string of the molecule is CN1C(=N)NC(C)(c2cc(NCc3ccc(F)cc3)ccc2F)CS1(=O)=O. The Morgan fingerprint density at radius 1 is 1.22 bits per heavy atom. The molecular weight excluding hydrogens is 374 g/mol. The third-order valence-electron chi connectivity index (χ3n) is 4.57. The van der Waals surface area contributed by atoms with Gasteiger partial charge in [-0.2, -0.15) is 0 Å². The van der Waals surface area contributed by atoms with E-state index in [2.05, 4.69) is 10.6 Å². The van der Waals surface area contributed by atoms with Crippen LogP contribution in [0.1, 0.15) is 18.1 Å². The summed E-state index contributed by atoms with van der Waals surface area (Å²) < 4.78 is 52.9. The number of guanidine groups is 1. The number of sulfonamides is 1. The quantitative estimate of drug-likeness (QED) is 0.744. The van der Waals surface area contributed by atoms with E-state index < -0.39 is 21.4 Å². The normalized spacial score (nSPS) is 21.6. The van der Waals surface area contributed by atoms with Gasteiger partial charge in [-0.25, -0.2) is 21.5 Å². The zero-order valence-corrected chi connectivity index (χ0v) is 15.7. The first-order chi connectivity index (χ1) is 12.6. The summed E-state index contributed by atoms with van der Waals surface area (Å²) in [5.74, 6) is -1.58. The average Bonchev–Trinajstić information content (AvgIpc) is 2.60. The largest absolute Gasteiger partial charge is 0.381 e. The fraction of sp³-hybridized carbons (Fsp3) is 0.278. The maximum Gasteiger partial charge on any atom is 0.239 e. The van der Waals surface area contributed by atoms with Crippen molar-refractivity contribution in [2.45, 2.75) is 19.0 Å². The van der Waals surface area contributed by atoms with Crippen LogP contribution in [0, 0.1) is 17.0 Å². The van der Waals surface area contributed by atoms with Crippen LogP contribution < -0.4 is 10.6 Å². The van der Waals surface area contributed by atoms with Crippen LogP contribution in [-0.2, 0) is 22.1 Å². The van der Waals surface area contributed by atoms with Crippen molar-refractivity contribution in [1.29, 1.82) is 5.41 Å². The van der Waals surface area contributed by atoms with Crippen molar-refractivity contribution in [3.63, 3.8) is 0 Å². The predicted octanol–water partition coefficient (Wildman–Crippen LogP) is 2.59. The minimum atomic E-state index is -3.73. The van der Waals surface area contributed by atoms with E-state index in [-0.39, 0.29) is 23.1 Å². The monoisotopic (exact) mass is 394 g/mol. The summed E-state index contributed by atoms with van der Waals surface area (Å²) in [5.41, 5.74) is 0.296. The van der Waals surface area contributed by atoms with Gasteiger partial charge in [-0.05, 0) is 42.8 Å². The molecule has 0 amide bonds. The van der Waals surface area contributed by atoms with Crippen molar-refractivity contribution in [3.05, 3.63) is 65.2 Å². The first-order valence-electron chi connectivity index (χ1n) is 8.22. The Morgan fingerprint density at radius 3 is 2.52 bits per heavy atom. The molecule has 1 unspecified atom stereocenters. The molecule has 3 rings (SSSR count). The summed E-state index contributed by atoms with van der Waals surface area (Å²) in [4.78, 5) is 0. The number of nitrogens with zero attached hydrogens (tertiary/aromatic N) is 1. The van der Waals surface area contributed by atoms with Crippen LogP contribution in [0.3, 0.4) is 0 Å². The molecule has 3 N–H and O–H groups in total. The molecule has 2 aromatic rings. The summed E-state index contributed by atoms with van der Waals surface area (Å²) in [6, 6.07) is 10.3. The minimum absolute atomic E-state index is 0.146. The lowest BCUT2D eigenvalue weighted by molar-refractivity contribution is 0.403. The van der Waals surface area contributed by atoms with Crippen molar-refractivity contribution in [2.75, 3.05) is 18.1 Å². The standard InChI is InChI=1S/C18H20F2N4O2S/c1-18(11-27(25,26)24(2)17(21)23-18)15-9-14(7-8-16(15)20)22-10-12-3-5-13(19)6-4-12/h3-9,22H,10-11H2,1-2H3,(H2,21,23). The van der Waals surface area contributed by atoms with Crippen molar-refractivity contribution in [3.8, 4) is 0 Å². The Bertz CT molecular complexity index is 979. The zero-order valence-electron chi connectivity index (χ0n) is 14.9. The molecule has 0 saturated carbocycles. The van der Waals surface area contributed by atoms with Gasteiger partial charge < -0.3 is 10.6 Å². The number of rotatable bonds is 4. The van der Waals surface area contributed by atoms with Crippen LogP contribution in [0.15, 0.2) is 42.5 Å². The number of anilines is 1. The smallest absolute Gasteiger partial charge is 0.239 e. The summed E-state index contributed by atoms with van der Waals surface area (Å²) in [6.45, 7) is 1.95. The molecule has 1 atom stereocenters. The van der Waals surface area contributed by atoms with Crippen LogP contribution in [0.25, 0.3) is 0 Å². The minimum Gasteiger partial charge on any atom is -0.381 e. The van der Waals surface area contributed by atoms with Crippen LogP contribution in [0.5, 0.6) is 0 Å². The average molecular weight is 394 g/mol. The zero-order chi connectivity index (χ0) is 19.8. The first kappa shape index (κ1) is 19.1. The second kappa shape index (κ2) is 6.80. The van der Waals surface area contributed by atoms with Gasteiger partial charge in [0.05, 0.1) is 11.3 Å². The van der Waals surface area contributed by atoms with Crippen molar-refractivity contribution in [2.24, 2.45) is 0 Å². The molecule has 1 saturated heterocycles. The van der Waals surface area contributed by atoms with Crippen LogP contribution in [0.2, 0.25) is 0 Å².